The van der Waals surface area contributed by atoms with Crippen molar-refractivity contribution in [2.75, 3.05) is 27.0 Å². The summed E-state index contributed by atoms with van der Waals surface area (Å²) in [5, 5.41) is 9.94. The van der Waals surface area contributed by atoms with Crippen LogP contribution in [0, 0.1) is 17.2 Å². The van der Waals surface area contributed by atoms with E-state index in [1.165, 1.54) is 0 Å². The number of fused-ring (bicyclic) bond motifs is 2. The van der Waals surface area contributed by atoms with Crippen LogP contribution in [0.15, 0.2) is 74.9 Å². The summed E-state index contributed by atoms with van der Waals surface area (Å²) >= 11 is 0. The smallest absolute Gasteiger partial charge is 0.231 e. The molecule has 2 aliphatic heterocycles. The Labute approximate surface area is 232 Å². The van der Waals surface area contributed by atoms with Gasteiger partial charge in [-0.1, -0.05) is 26.0 Å². The summed E-state index contributed by atoms with van der Waals surface area (Å²) in [6, 6.07) is 20.4. The predicted octanol–water partition coefficient (Wildman–Crippen LogP) is 5.45. The Kier molecular flexibility index (Phi) is 6.64. The van der Waals surface area contributed by atoms with Crippen molar-refractivity contribution in [3.8, 4) is 23.3 Å². The summed E-state index contributed by atoms with van der Waals surface area (Å²) in [4.78, 5) is 21.2. The highest BCUT2D eigenvalue weighted by molar-refractivity contribution is 6.00. The van der Waals surface area contributed by atoms with Crippen LogP contribution >= 0.6 is 0 Å². The third-order valence-corrected chi connectivity index (χ3v) is 7.40. The van der Waals surface area contributed by atoms with Gasteiger partial charge in [-0.3, -0.25) is 9.79 Å². The fourth-order valence-corrected chi connectivity index (χ4v) is 5.55. The molecule has 0 radical (unpaired) electrons. The molecule has 8 nitrogen and oxygen atoms in total. The molecule has 6 rings (SSSR count). The molecule has 0 saturated heterocycles. The van der Waals surface area contributed by atoms with E-state index < -0.39 is 0 Å². The SMILES string of the molecule is COc1ccc2c(=O)c(Cc3cccc(C#N)c3)c(C(C(C)C)N3CCN=C3c3ccc4c(c3)OCO4)oc2c1. The first-order valence-corrected chi connectivity index (χ1v) is 13.3. The van der Waals surface area contributed by atoms with Gasteiger partial charge in [0.1, 0.15) is 22.9 Å². The van der Waals surface area contributed by atoms with Crippen LogP contribution < -0.4 is 19.6 Å². The molecule has 0 saturated carbocycles. The van der Waals surface area contributed by atoms with Gasteiger partial charge in [0.15, 0.2) is 16.9 Å². The second-order valence-electron chi connectivity index (χ2n) is 10.3. The first-order chi connectivity index (χ1) is 19.5. The Morgan fingerprint density at radius 1 is 1.07 bits per heavy atom. The molecular formula is C32H29N3O5. The predicted molar refractivity (Wildman–Crippen MR) is 151 cm³/mol. The van der Waals surface area contributed by atoms with E-state index >= 15 is 0 Å². The van der Waals surface area contributed by atoms with E-state index in [-0.39, 0.29) is 24.2 Å². The minimum absolute atomic E-state index is 0.0766. The maximum absolute atomic E-state index is 14.1. The van der Waals surface area contributed by atoms with Crippen LogP contribution in [0.1, 0.15) is 47.9 Å². The van der Waals surface area contributed by atoms with Crippen molar-refractivity contribution < 1.29 is 18.6 Å². The first kappa shape index (κ1) is 25.5. The normalized spacial score (nSPS) is 14.9. The highest BCUT2D eigenvalue weighted by Gasteiger charge is 2.35. The lowest BCUT2D eigenvalue weighted by molar-refractivity contribution is 0.174. The van der Waals surface area contributed by atoms with Crippen molar-refractivity contribution in [1.29, 1.82) is 5.26 Å². The third kappa shape index (κ3) is 4.54. The van der Waals surface area contributed by atoms with Crippen LogP contribution in [-0.4, -0.2) is 37.7 Å². The van der Waals surface area contributed by atoms with Crippen molar-refractivity contribution in [1.82, 2.24) is 4.90 Å². The van der Waals surface area contributed by atoms with E-state index in [0.717, 1.165) is 17.0 Å². The summed E-state index contributed by atoms with van der Waals surface area (Å²) in [6.45, 7) is 5.74. The Balaban J connectivity index is 1.51. The largest absolute Gasteiger partial charge is 0.497 e. The summed E-state index contributed by atoms with van der Waals surface area (Å²) in [6.07, 6.45) is 0.336. The summed E-state index contributed by atoms with van der Waals surface area (Å²) in [7, 11) is 1.59. The van der Waals surface area contributed by atoms with Crippen molar-refractivity contribution in [2.24, 2.45) is 10.9 Å². The van der Waals surface area contributed by atoms with E-state index in [2.05, 4.69) is 24.8 Å². The van der Waals surface area contributed by atoms with E-state index in [4.69, 9.17) is 23.6 Å². The molecule has 1 aromatic heterocycles. The molecule has 0 amide bonds. The highest BCUT2D eigenvalue weighted by Crippen LogP contribution is 2.38. The molecule has 40 heavy (non-hydrogen) atoms. The zero-order valence-corrected chi connectivity index (χ0v) is 22.6. The van der Waals surface area contributed by atoms with Crippen LogP contribution in [0.2, 0.25) is 0 Å². The number of amidine groups is 1. The van der Waals surface area contributed by atoms with Gasteiger partial charge >= 0.3 is 0 Å². The molecule has 0 fully saturated rings. The average molecular weight is 536 g/mol. The number of methoxy groups -OCH3 is 1. The molecule has 2 aliphatic rings. The minimum Gasteiger partial charge on any atom is -0.497 e. The monoisotopic (exact) mass is 535 g/mol. The molecule has 0 spiro atoms. The first-order valence-electron chi connectivity index (χ1n) is 13.3. The number of nitriles is 1. The molecule has 3 heterocycles. The van der Waals surface area contributed by atoms with Gasteiger partial charge in [-0.05, 0) is 53.9 Å². The number of nitrogens with zero attached hydrogens (tertiary/aromatic N) is 3. The van der Waals surface area contributed by atoms with Gasteiger partial charge in [0.2, 0.25) is 6.79 Å². The molecule has 0 bridgehead atoms. The fraction of sp³-hybridized carbons (Fsp3) is 0.281. The lowest BCUT2D eigenvalue weighted by atomic mass is 9.91. The molecule has 0 N–H and O–H groups in total. The van der Waals surface area contributed by atoms with Gasteiger partial charge in [0, 0.05) is 30.2 Å². The Hall–Kier alpha value is -4.77. The van der Waals surface area contributed by atoms with Crippen LogP contribution in [0.4, 0.5) is 0 Å². The highest BCUT2D eigenvalue weighted by atomic mass is 16.7. The third-order valence-electron chi connectivity index (χ3n) is 7.40. The number of ether oxygens (including phenoxy) is 3. The molecular weight excluding hydrogens is 506 g/mol. The molecule has 8 heteroatoms. The van der Waals surface area contributed by atoms with Crippen molar-refractivity contribution in [2.45, 2.75) is 26.3 Å². The van der Waals surface area contributed by atoms with Crippen molar-refractivity contribution in [3.05, 3.63) is 98.9 Å². The Morgan fingerprint density at radius 2 is 1.93 bits per heavy atom. The van der Waals surface area contributed by atoms with E-state index in [1.807, 2.05) is 36.4 Å². The van der Waals surface area contributed by atoms with E-state index in [0.29, 0.717) is 64.6 Å². The lowest BCUT2D eigenvalue weighted by Crippen LogP contribution is -2.37. The maximum Gasteiger partial charge on any atom is 0.231 e. The van der Waals surface area contributed by atoms with Crippen LogP contribution in [0.3, 0.4) is 0 Å². The van der Waals surface area contributed by atoms with Gasteiger partial charge in [-0.25, -0.2) is 0 Å². The van der Waals surface area contributed by atoms with E-state index in [9.17, 15) is 10.1 Å². The molecule has 4 aromatic rings. The van der Waals surface area contributed by atoms with Gasteiger partial charge in [0.25, 0.3) is 0 Å². The van der Waals surface area contributed by atoms with Gasteiger partial charge in [-0.2, -0.15) is 5.26 Å². The number of hydrogen-bond donors (Lipinski definition) is 0. The lowest BCUT2D eigenvalue weighted by Gasteiger charge is -2.34. The fourth-order valence-electron chi connectivity index (χ4n) is 5.55. The standard InChI is InChI=1S/C32H29N3O5/c1-19(2)29(35-12-11-34-32(35)22-7-10-26-28(15-22)39-18-38-26)31-25(14-20-5-4-6-21(13-20)17-33)30(36)24-9-8-23(37-3)16-27(24)40-31/h4-10,13,15-16,19,29H,11-12,14,18H2,1-3H3. The minimum atomic E-state index is -0.274. The van der Waals surface area contributed by atoms with Crippen LogP contribution in [0.5, 0.6) is 17.2 Å². The zero-order chi connectivity index (χ0) is 27.8. The van der Waals surface area contributed by atoms with Gasteiger partial charge < -0.3 is 23.5 Å². The molecule has 202 valence electrons. The zero-order valence-electron chi connectivity index (χ0n) is 22.6. The Morgan fingerprint density at radius 3 is 2.73 bits per heavy atom. The van der Waals surface area contributed by atoms with Gasteiger partial charge in [0.05, 0.1) is 36.7 Å². The topological polar surface area (TPSA) is 97.3 Å². The van der Waals surface area contributed by atoms with Gasteiger partial charge in [-0.15, -0.1) is 0 Å². The van der Waals surface area contributed by atoms with Crippen LogP contribution in [0.25, 0.3) is 11.0 Å². The quantitative estimate of drug-likeness (QED) is 0.310. The second kappa shape index (κ2) is 10.4. The maximum atomic E-state index is 14.1. The summed E-state index contributed by atoms with van der Waals surface area (Å²) < 4.78 is 23.2. The second-order valence-corrected chi connectivity index (χ2v) is 10.3. The molecule has 3 aromatic carbocycles. The molecule has 1 unspecified atom stereocenters. The van der Waals surface area contributed by atoms with Crippen molar-refractivity contribution in [3.63, 3.8) is 0 Å². The number of benzene rings is 3. The number of hydrogen-bond acceptors (Lipinski definition) is 8. The van der Waals surface area contributed by atoms with Crippen molar-refractivity contribution >= 4 is 16.8 Å². The summed E-state index contributed by atoms with van der Waals surface area (Å²) in [5.41, 5.74) is 3.29. The molecule has 1 atom stereocenters. The Bertz CT molecular complexity index is 1730. The summed E-state index contributed by atoms with van der Waals surface area (Å²) in [5.74, 6) is 3.51. The van der Waals surface area contributed by atoms with E-state index in [1.54, 1.807) is 31.4 Å². The number of aliphatic imine (C=N–C) groups is 1. The average Bonchev–Trinajstić information content (AvgIpc) is 3.64. The van der Waals surface area contributed by atoms with Crippen LogP contribution in [-0.2, 0) is 6.42 Å². The number of rotatable bonds is 7. The molecule has 0 aliphatic carbocycles.